The van der Waals surface area contributed by atoms with E-state index in [9.17, 15) is 17.2 Å². The van der Waals surface area contributed by atoms with Crippen LogP contribution in [0.2, 0.25) is 0 Å². The standard InChI is InChI=1S/C12H18F2N2O3S/c1-3-16(4-2)20(17,18)15-9-10-5-7-11(8-6-10)19-12(13)14/h5-8,12,15H,3-4,9H2,1-2H3. The second kappa shape index (κ2) is 7.51. The van der Waals surface area contributed by atoms with E-state index in [0.29, 0.717) is 18.7 Å². The summed E-state index contributed by atoms with van der Waals surface area (Å²) in [5, 5.41) is 0. The van der Waals surface area contributed by atoms with Crippen LogP contribution in [0, 0.1) is 0 Å². The molecule has 0 atom stereocenters. The number of rotatable bonds is 8. The second-order valence-corrected chi connectivity index (χ2v) is 5.69. The van der Waals surface area contributed by atoms with E-state index in [-0.39, 0.29) is 12.3 Å². The van der Waals surface area contributed by atoms with Crippen LogP contribution in [0.1, 0.15) is 19.4 Å². The highest BCUT2D eigenvalue weighted by Gasteiger charge is 2.17. The highest BCUT2D eigenvalue weighted by molar-refractivity contribution is 7.87. The summed E-state index contributed by atoms with van der Waals surface area (Å²) in [7, 11) is -3.52. The van der Waals surface area contributed by atoms with Gasteiger partial charge in [-0.25, -0.2) is 0 Å². The smallest absolute Gasteiger partial charge is 0.387 e. The summed E-state index contributed by atoms with van der Waals surface area (Å²) in [4.78, 5) is 0. The maximum atomic E-state index is 12.0. The summed E-state index contributed by atoms with van der Waals surface area (Å²) < 4.78 is 55.6. The third-order valence-corrected chi connectivity index (χ3v) is 4.36. The van der Waals surface area contributed by atoms with Crippen molar-refractivity contribution in [3.63, 3.8) is 0 Å². The molecule has 1 aromatic rings. The first kappa shape index (κ1) is 16.8. The minimum atomic E-state index is -3.52. The molecule has 0 heterocycles. The number of ether oxygens (including phenoxy) is 1. The van der Waals surface area contributed by atoms with Crippen LogP contribution in [0.3, 0.4) is 0 Å². The number of hydrogen-bond donors (Lipinski definition) is 1. The molecule has 0 amide bonds. The van der Waals surface area contributed by atoms with Gasteiger partial charge in [-0.05, 0) is 17.7 Å². The van der Waals surface area contributed by atoms with Crippen molar-refractivity contribution in [3.8, 4) is 5.75 Å². The molecule has 1 aromatic carbocycles. The van der Waals surface area contributed by atoms with Gasteiger partial charge in [0.1, 0.15) is 5.75 Å². The topological polar surface area (TPSA) is 58.6 Å². The fraction of sp³-hybridized carbons (Fsp3) is 0.500. The van der Waals surface area contributed by atoms with Crippen molar-refractivity contribution < 1.29 is 21.9 Å². The zero-order valence-electron chi connectivity index (χ0n) is 11.3. The van der Waals surface area contributed by atoms with Crippen LogP contribution in [0.4, 0.5) is 8.78 Å². The van der Waals surface area contributed by atoms with E-state index >= 15 is 0 Å². The highest BCUT2D eigenvalue weighted by Crippen LogP contribution is 2.15. The van der Waals surface area contributed by atoms with Gasteiger partial charge in [0.25, 0.3) is 10.2 Å². The van der Waals surface area contributed by atoms with Gasteiger partial charge in [0.2, 0.25) is 0 Å². The van der Waals surface area contributed by atoms with Crippen molar-refractivity contribution in [1.82, 2.24) is 9.03 Å². The average Bonchev–Trinajstić information content (AvgIpc) is 2.38. The van der Waals surface area contributed by atoms with Crippen LogP contribution >= 0.6 is 0 Å². The van der Waals surface area contributed by atoms with Gasteiger partial charge in [-0.15, -0.1) is 0 Å². The largest absolute Gasteiger partial charge is 0.435 e. The number of alkyl halides is 2. The van der Waals surface area contributed by atoms with E-state index in [1.807, 2.05) is 0 Å². The van der Waals surface area contributed by atoms with Crippen LogP contribution in [-0.4, -0.2) is 32.4 Å². The van der Waals surface area contributed by atoms with E-state index in [1.54, 1.807) is 13.8 Å². The Balaban J connectivity index is 2.62. The van der Waals surface area contributed by atoms with Gasteiger partial charge in [0.15, 0.2) is 0 Å². The fourth-order valence-electron chi connectivity index (χ4n) is 1.62. The summed E-state index contributed by atoms with van der Waals surface area (Å²) in [5.74, 6) is 0.0374. The lowest BCUT2D eigenvalue weighted by Gasteiger charge is -2.18. The lowest BCUT2D eigenvalue weighted by atomic mass is 10.2. The Morgan fingerprint density at radius 2 is 1.75 bits per heavy atom. The number of nitrogens with zero attached hydrogens (tertiary/aromatic N) is 1. The third-order valence-electron chi connectivity index (χ3n) is 2.65. The number of nitrogens with one attached hydrogen (secondary N) is 1. The van der Waals surface area contributed by atoms with Crippen molar-refractivity contribution in [2.24, 2.45) is 0 Å². The maximum absolute atomic E-state index is 12.0. The van der Waals surface area contributed by atoms with E-state index in [2.05, 4.69) is 9.46 Å². The zero-order chi connectivity index (χ0) is 15.2. The minimum absolute atomic E-state index is 0.0374. The summed E-state index contributed by atoms with van der Waals surface area (Å²) in [6.45, 7) is 1.48. The molecule has 0 fully saturated rings. The van der Waals surface area contributed by atoms with Gasteiger partial charge in [0.05, 0.1) is 0 Å². The van der Waals surface area contributed by atoms with Gasteiger partial charge >= 0.3 is 6.61 Å². The van der Waals surface area contributed by atoms with E-state index in [0.717, 1.165) is 0 Å². The van der Waals surface area contributed by atoms with Crippen LogP contribution < -0.4 is 9.46 Å². The number of benzene rings is 1. The van der Waals surface area contributed by atoms with Gasteiger partial charge in [-0.2, -0.15) is 26.2 Å². The first-order valence-electron chi connectivity index (χ1n) is 6.17. The Morgan fingerprint density at radius 1 is 1.20 bits per heavy atom. The number of hydrogen-bond acceptors (Lipinski definition) is 3. The lowest BCUT2D eigenvalue weighted by molar-refractivity contribution is -0.0498. The van der Waals surface area contributed by atoms with Gasteiger partial charge in [0, 0.05) is 19.6 Å². The Kier molecular flexibility index (Phi) is 6.31. The molecule has 0 aliphatic carbocycles. The summed E-state index contributed by atoms with van der Waals surface area (Å²) >= 11 is 0. The lowest BCUT2D eigenvalue weighted by Crippen LogP contribution is -2.40. The Hall–Kier alpha value is -1.25. The molecular formula is C12H18F2N2O3S. The van der Waals surface area contributed by atoms with Crippen molar-refractivity contribution in [3.05, 3.63) is 29.8 Å². The average molecular weight is 308 g/mol. The van der Waals surface area contributed by atoms with Crippen LogP contribution in [0.15, 0.2) is 24.3 Å². The monoisotopic (exact) mass is 308 g/mol. The maximum Gasteiger partial charge on any atom is 0.387 e. The molecule has 0 spiro atoms. The van der Waals surface area contributed by atoms with E-state index in [4.69, 9.17) is 0 Å². The molecule has 8 heteroatoms. The molecule has 0 aliphatic heterocycles. The van der Waals surface area contributed by atoms with Gasteiger partial charge in [-0.1, -0.05) is 26.0 Å². The molecule has 114 valence electrons. The highest BCUT2D eigenvalue weighted by atomic mass is 32.2. The molecule has 0 radical (unpaired) electrons. The van der Waals surface area contributed by atoms with Crippen LogP contribution in [0.25, 0.3) is 0 Å². The van der Waals surface area contributed by atoms with Crippen molar-refractivity contribution in [2.75, 3.05) is 13.1 Å². The molecule has 0 aliphatic rings. The predicted octanol–water partition coefficient (Wildman–Crippen LogP) is 1.96. The molecule has 0 saturated carbocycles. The molecule has 1 rings (SSSR count). The molecule has 20 heavy (non-hydrogen) atoms. The van der Waals surface area contributed by atoms with Crippen molar-refractivity contribution in [1.29, 1.82) is 0 Å². The molecule has 5 nitrogen and oxygen atoms in total. The molecule has 0 unspecified atom stereocenters. The zero-order valence-corrected chi connectivity index (χ0v) is 12.2. The molecular weight excluding hydrogens is 290 g/mol. The summed E-state index contributed by atoms with van der Waals surface area (Å²) in [6, 6.07) is 5.80. The summed E-state index contributed by atoms with van der Waals surface area (Å²) in [5.41, 5.74) is 0.655. The molecule has 1 N–H and O–H groups in total. The minimum Gasteiger partial charge on any atom is -0.435 e. The fourth-order valence-corrected chi connectivity index (χ4v) is 2.83. The molecule has 0 saturated heterocycles. The molecule has 0 bridgehead atoms. The first-order valence-corrected chi connectivity index (χ1v) is 7.61. The normalized spacial score (nSPS) is 12.1. The van der Waals surface area contributed by atoms with Gasteiger partial charge < -0.3 is 4.74 Å². The van der Waals surface area contributed by atoms with E-state index < -0.39 is 16.8 Å². The Bertz CT molecular complexity index is 502. The first-order chi connectivity index (χ1) is 9.39. The Morgan fingerprint density at radius 3 is 2.20 bits per heavy atom. The van der Waals surface area contributed by atoms with Crippen LogP contribution in [0.5, 0.6) is 5.75 Å². The third kappa shape index (κ3) is 5.03. The second-order valence-electron chi connectivity index (χ2n) is 3.93. The number of halogens is 2. The SMILES string of the molecule is CCN(CC)S(=O)(=O)NCc1ccc(OC(F)F)cc1. The van der Waals surface area contributed by atoms with Crippen LogP contribution in [-0.2, 0) is 16.8 Å². The van der Waals surface area contributed by atoms with Crippen molar-refractivity contribution >= 4 is 10.2 Å². The van der Waals surface area contributed by atoms with E-state index in [1.165, 1.54) is 28.6 Å². The van der Waals surface area contributed by atoms with Gasteiger partial charge in [-0.3, -0.25) is 0 Å². The predicted molar refractivity (Wildman–Crippen MR) is 71.8 cm³/mol. The Labute approximate surface area is 117 Å². The summed E-state index contributed by atoms with van der Waals surface area (Å²) in [6.07, 6.45) is 0. The quantitative estimate of drug-likeness (QED) is 0.799. The van der Waals surface area contributed by atoms with Crippen molar-refractivity contribution in [2.45, 2.75) is 27.0 Å². The molecule has 0 aromatic heterocycles.